The van der Waals surface area contributed by atoms with E-state index >= 15 is 0 Å². The highest BCUT2D eigenvalue weighted by Gasteiger charge is 2.35. The van der Waals surface area contributed by atoms with Crippen molar-refractivity contribution in [3.05, 3.63) is 45.8 Å². The molecule has 23 heavy (non-hydrogen) atoms. The van der Waals surface area contributed by atoms with Gasteiger partial charge in [0.15, 0.2) is 5.82 Å². The summed E-state index contributed by atoms with van der Waals surface area (Å²) in [6.45, 7) is 4.47. The van der Waals surface area contributed by atoms with Crippen molar-refractivity contribution in [2.75, 3.05) is 11.4 Å². The second kappa shape index (κ2) is 5.94. The fourth-order valence-corrected chi connectivity index (χ4v) is 2.86. The summed E-state index contributed by atoms with van der Waals surface area (Å²) in [5.74, 6) is 0.286. The van der Waals surface area contributed by atoms with Gasteiger partial charge in [-0.1, -0.05) is 25.1 Å². The molecule has 1 aliphatic heterocycles. The van der Waals surface area contributed by atoms with Crippen molar-refractivity contribution in [2.45, 2.75) is 38.6 Å². The average molecular weight is 320 g/mol. The van der Waals surface area contributed by atoms with Crippen LogP contribution in [0.2, 0.25) is 0 Å². The van der Waals surface area contributed by atoms with Gasteiger partial charge in [-0.15, -0.1) is 0 Å². The van der Waals surface area contributed by atoms with Gasteiger partial charge in [-0.2, -0.15) is 9.37 Å². The van der Waals surface area contributed by atoms with E-state index in [-0.39, 0.29) is 17.6 Å². The number of aromatic nitrogens is 2. The molecular formula is C15H17FN4O3. The smallest absolute Gasteiger partial charge is 0.327 e. The van der Waals surface area contributed by atoms with Crippen molar-refractivity contribution in [3.8, 4) is 0 Å². The van der Waals surface area contributed by atoms with Gasteiger partial charge in [0, 0.05) is 12.5 Å². The third kappa shape index (κ3) is 2.76. The number of anilines is 1. The summed E-state index contributed by atoms with van der Waals surface area (Å²) in [4.78, 5) is 16.7. The molecule has 0 amide bonds. The van der Waals surface area contributed by atoms with Crippen molar-refractivity contribution in [1.82, 2.24) is 10.1 Å². The number of rotatable bonds is 4. The molecule has 0 saturated carbocycles. The Balaban J connectivity index is 1.99. The molecule has 1 atom stereocenters. The molecule has 2 aromatic rings. The van der Waals surface area contributed by atoms with Crippen LogP contribution < -0.4 is 4.90 Å². The maximum absolute atomic E-state index is 13.9. The lowest BCUT2D eigenvalue weighted by atomic mass is 10.1. The SMILES string of the molecule is CC(C)c1nc(C2CCCN2c2cccc(F)c2[N+](=O)[O-])no1. The molecule has 7 nitrogen and oxygen atoms in total. The highest BCUT2D eigenvalue weighted by Crippen LogP contribution is 2.40. The normalized spacial score (nSPS) is 17.9. The molecule has 0 bridgehead atoms. The first kappa shape index (κ1) is 15.4. The molecule has 122 valence electrons. The van der Waals surface area contributed by atoms with Gasteiger partial charge in [-0.3, -0.25) is 10.1 Å². The van der Waals surface area contributed by atoms with Gasteiger partial charge in [0.05, 0.1) is 11.0 Å². The monoisotopic (exact) mass is 320 g/mol. The number of nitrogens with zero attached hydrogens (tertiary/aromatic N) is 4. The maximum atomic E-state index is 13.9. The van der Waals surface area contributed by atoms with Gasteiger partial charge >= 0.3 is 5.69 Å². The van der Waals surface area contributed by atoms with Gasteiger partial charge in [-0.25, -0.2) is 0 Å². The molecule has 0 N–H and O–H groups in total. The standard InChI is InChI=1S/C15H17FN4O3/c1-9(2)15-17-14(18-23-15)12-7-4-8-19(12)11-6-3-5-10(16)13(11)20(21)22/h3,5-6,9,12H,4,7-8H2,1-2H3. The van der Waals surface area contributed by atoms with Gasteiger partial charge < -0.3 is 9.42 Å². The lowest BCUT2D eigenvalue weighted by molar-refractivity contribution is -0.386. The molecule has 0 spiro atoms. The Morgan fingerprint density at radius 1 is 1.48 bits per heavy atom. The predicted molar refractivity (Wildman–Crippen MR) is 80.8 cm³/mol. The minimum absolute atomic E-state index is 0.106. The summed E-state index contributed by atoms with van der Waals surface area (Å²) in [5.41, 5.74) is -0.250. The van der Waals surface area contributed by atoms with Crippen molar-refractivity contribution in [2.24, 2.45) is 0 Å². The Hall–Kier alpha value is -2.51. The summed E-state index contributed by atoms with van der Waals surface area (Å²) in [6.07, 6.45) is 1.56. The second-order valence-corrected chi connectivity index (χ2v) is 5.86. The van der Waals surface area contributed by atoms with Crippen LogP contribution in [0.25, 0.3) is 0 Å². The number of hydrogen-bond acceptors (Lipinski definition) is 6. The fourth-order valence-electron chi connectivity index (χ4n) is 2.86. The van der Waals surface area contributed by atoms with E-state index in [4.69, 9.17) is 4.52 Å². The molecule has 1 aliphatic rings. The average Bonchev–Trinajstić information content (AvgIpc) is 3.15. The van der Waals surface area contributed by atoms with Crippen molar-refractivity contribution >= 4 is 11.4 Å². The first-order valence-corrected chi connectivity index (χ1v) is 7.52. The molecular weight excluding hydrogens is 303 g/mol. The molecule has 1 aromatic heterocycles. The van der Waals surface area contributed by atoms with Crippen LogP contribution in [0.4, 0.5) is 15.8 Å². The quantitative estimate of drug-likeness (QED) is 0.632. The van der Waals surface area contributed by atoms with E-state index in [1.54, 1.807) is 11.0 Å². The lowest BCUT2D eigenvalue weighted by Crippen LogP contribution is -2.24. The number of para-hydroxylation sites is 1. The van der Waals surface area contributed by atoms with Crippen molar-refractivity contribution in [1.29, 1.82) is 0 Å². The molecule has 0 aliphatic carbocycles. The zero-order valence-electron chi connectivity index (χ0n) is 12.9. The predicted octanol–water partition coefficient (Wildman–Crippen LogP) is 3.58. The Bertz CT molecular complexity index is 731. The molecule has 0 radical (unpaired) electrons. The van der Waals surface area contributed by atoms with Gasteiger partial charge in [0.2, 0.25) is 11.7 Å². The van der Waals surface area contributed by atoms with E-state index in [0.717, 1.165) is 18.9 Å². The number of hydrogen-bond donors (Lipinski definition) is 0. The van der Waals surface area contributed by atoms with Crippen LogP contribution in [0.5, 0.6) is 0 Å². The molecule has 3 rings (SSSR count). The van der Waals surface area contributed by atoms with Gasteiger partial charge in [-0.05, 0) is 25.0 Å². The minimum atomic E-state index is -0.839. The fraction of sp³-hybridized carbons (Fsp3) is 0.467. The van der Waals surface area contributed by atoms with Crippen LogP contribution in [-0.4, -0.2) is 21.6 Å². The van der Waals surface area contributed by atoms with Gasteiger partial charge in [0.25, 0.3) is 0 Å². The largest absolute Gasteiger partial charge is 0.355 e. The van der Waals surface area contributed by atoms with Crippen LogP contribution in [0.3, 0.4) is 0 Å². The maximum Gasteiger partial charge on any atom is 0.327 e. The van der Waals surface area contributed by atoms with E-state index in [1.807, 2.05) is 13.8 Å². The van der Waals surface area contributed by atoms with Gasteiger partial charge in [0.1, 0.15) is 5.69 Å². The van der Waals surface area contributed by atoms with Crippen LogP contribution in [-0.2, 0) is 0 Å². The lowest BCUT2D eigenvalue weighted by Gasteiger charge is -2.24. The molecule has 1 fully saturated rings. The Kier molecular flexibility index (Phi) is 3.97. The third-order valence-corrected chi connectivity index (χ3v) is 3.96. The Labute approximate surface area is 132 Å². The Morgan fingerprint density at radius 2 is 2.26 bits per heavy atom. The van der Waals surface area contributed by atoms with E-state index < -0.39 is 16.4 Å². The van der Waals surface area contributed by atoms with Crippen LogP contribution in [0.1, 0.15) is 50.4 Å². The zero-order chi connectivity index (χ0) is 16.6. The number of nitro benzene ring substituents is 1. The highest BCUT2D eigenvalue weighted by molar-refractivity contribution is 5.65. The van der Waals surface area contributed by atoms with E-state index in [0.29, 0.717) is 18.3 Å². The van der Waals surface area contributed by atoms with E-state index in [2.05, 4.69) is 10.1 Å². The highest BCUT2D eigenvalue weighted by atomic mass is 19.1. The Morgan fingerprint density at radius 3 is 2.91 bits per heavy atom. The summed E-state index contributed by atoms with van der Waals surface area (Å²) in [5, 5.41) is 15.2. The number of benzene rings is 1. The molecule has 1 aromatic carbocycles. The van der Waals surface area contributed by atoms with Crippen molar-refractivity contribution in [3.63, 3.8) is 0 Å². The summed E-state index contributed by atoms with van der Waals surface area (Å²) in [6, 6.07) is 3.88. The molecule has 1 unspecified atom stereocenters. The minimum Gasteiger partial charge on any atom is -0.355 e. The second-order valence-electron chi connectivity index (χ2n) is 5.86. The summed E-state index contributed by atoms with van der Waals surface area (Å²) in [7, 11) is 0. The molecule has 8 heteroatoms. The summed E-state index contributed by atoms with van der Waals surface area (Å²) < 4.78 is 19.1. The van der Waals surface area contributed by atoms with E-state index in [1.165, 1.54) is 6.07 Å². The molecule has 1 saturated heterocycles. The van der Waals surface area contributed by atoms with Crippen molar-refractivity contribution < 1.29 is 13.8 Å². The van der Waals surface area contributed by atoms with Crippen LogP contribution in [0, 0.1) is 15.9 Å². The van der Waals surface area contributed by atoms with E-state index in [9.17, 15) is 14.5 Å². The number of nitro groups is 1. The summed E-state index contributed by atoms with van der Waals surface area (Å²) >= 11 is 0. The number of halogens is 1. The van der Waals surface area contributed by atoms with Crippen LogP contribution >= 0.6 is 0 Å². The first-order valence-electron chi connectivity index (χ1n) is 7.52. The zero-order valence-corrected chi connectivity index (χ0v) is 12.9. The first-order chi connectivity index (χ1) is 11.0. The molecule has 2 heterocycles. The topological polar surface area (TPSA) is 85.3 Å². The van der Waals surface area contributed by atoms with Crippen LogP contribution in [0.15, 0.2) is 22.7 Å². The third-order valence-electron chi connectivity index (χ3n) is 3.96.